The number of aromatic nitrogens is 9. The summed E-state index contributed by atoms with van der Waals surface area (Å²) in [4.78, 5) is 4.83. The molecule has 0 unspecified atom stereocenters. The minimum absolute atomic E-state index is 0. The minimum atomic E-state index is 0. The summed E-state index contributed by atoms with van der Waals surface area (Å²) in [5.74, 6) is 2.45. The molecule has 0 aliphatic rings. The van der Waals surface area contributed by atoms with Crippen molar-refractivity contribution < 1.29 is 34.3 Å². The van der Waals surface area contributed by atoms with Gasteiger partial charge in [0.2, 0.25) is 0 Å². The van der Waals surface area contributed by atoms with Crippen LogP contribution in [0.25, 0.3) is 50.2 Å². The fraction of sp³-hybridized carbons (Fsp3) is 0.0769. The van der Waals surface area contributed by atoms with E-state index < -0.39 is 0 Å². The quantitative estimate of drug-likeness (QED) is 0.169. The SMILES string of the molecule is COc1ccc(-n2nc3c[c-]ccc3n2)cc1.COc1ccc(-n2nc3c[c-]ccc3n2)cc1.COc1ccc(-n2nc3c[c-]ccc3n2)cc1.[Ir+3]. The Morgan fingerprint density at radius 1 is 0.365 bits per heavy atom. The molecule has 0 spiro atoms. The zero-order valence-corrected chi connectivity index (χ0v) is 30.6. The average molecular weight is 865 g/mol. The molecule has 9 aromatic rings. The van der Waals surface area contributed by atoms with E-state index in [1.807, 2.05) is 127 Å². The van der Waals surface area contributed by atoms with Gasteiger partial charge in [0.25, 0.3) is 0 Å². The van der Waals surface area contributed by atoms with Gasteiger partial charge in [-0.05, 0) is 72.8 Å². The maximum atomic E-state index is 5.11. The van der Waals surface area contributed by atoms with Gasteiger partial charge in [0, 0.05) is 33.1 Å². The summed E-state index contributed by atoms with van der Waals surface area (Å²) in [6, 6.07) is 48.4. The van der Waals surface area contributed by atoms with Crippen molar-refractivity contribution in [2.75, 3.05) is 21.3 Å². The van der Waals surface area contributed by atoms with Crippen LogP contribution in [0.5, 0.6) is 17.2 Å². The molecule has 3 aromatic heterocycles. The molecule has 0 aliphatic carbocycles. The summed E-state index contributed by atoms with van der Waals surface area (Å²) >= 11 is 0. The zero-order chi connectivity index (χ0) is 35.0. The Morgan fingerprint density at radius 2 is 0.615 bits per heavy atom. The van der Waals surface area contributed by atoms with Gasteiger partial charge in [-0.1, -0.05) is 0 Å². The number of ether oxygens (including phenoxy) is 3. The largest absolute Gasteiger partial charge is 3.00 e. The van der Waals surface area contributed by atoms with E-state index in [4.69, 9.17) is 14.2 Å². The van der Waals surface area contributed by atoms with Crippen molar-refractivity contribution in [3.05, 3.63) is 146 Å². The van der Waals surface area contributed by atoms with Crippen LogP contribution in [0, 0.1) is 18.2 Å². The van der Waals surface area contributed by atoms with Crippen molar-refractivity contribution in [2.24, 2.45) is 0 Å². The van der Waals surface area contributed by atoms with Crippen LogP contribution in [0.2, 0.25) is 0 Å². The summed E-state index contributed by atoms with van der Waals surface area (Å²) in [5, 5.41) is 26.3. The summed E-state index contributed by atoms with van der Waals surface area (Å²) < 4.78 is 15.3. The van der Waals surface area contributed by atoms with Crippen molar-refractivity contribution >= 4 is 33.1 Å². The monoisotopic (exact) mass is 865 g/mol. The van der Waals surface area contributed by atoms with Crippen LogP contribution in [-0.4, -0.2) is 66.3 Å². The van der Waals surface area contributed by atoms with E-state index in [2.05, 4.69) is 48.8 Å². The number of benzene rings is 6. The van der Waals surface area contributed by atoms with Crippen molar-refractivity contribution in [1.82, 2.24) is 45.0 Å². The van der Waals surface area contributed by atoms with Gasteiger partial charge < -0.3 is 14.2 Å². The molecule has 0 bridgehead atoms. The summed E-state index contributed by atoms with van der Waals surface area (Å²) in [5.41, 5.74) is 7.81. The predicted octanol–water partition coefficient (Wildman–Crippen LogP) is 6.69. The fourth-order valence-electron chi connectivity index (χ4n) is 4.91. The van der Waals surface area contributed by atoms with Gasteiger partial charge in [0.05, 0.1) is 38.4 Å². The van der Waals surface area contributed by atoms with Crippen molar-refractivity contribution in [1.29, 1.82) is 0 Å². The smallest absolute Gasteiger partial charge is 0.497 e. The van der Waals surface area contributed by atoms with Crippen LogP contribution in [0.3, 0.4) is 0 Å². The molecule has 0 atom stereocenters. The van der Waals surface area contributed by atoms with Crippen molar-refractivity contribution in [3.63, 3.8) is 0 Å². The molecule has 0 N–H and O–H groups in total. The predicted molar refractivity (Wildman–Crippen MR) is 193 cm³/mol. The normalized spacial score (nSPS) is 10.4. The first-order chi connectivity index (χ1) is 25.1. The van der Waals surface area contributed by atoms with E-state index in [-0.39, 0.29) is 20.1 Å². The standard InChI is InChI=1S/3C13H10N3O.Ir/c3*1-17-11-8-6-10(7-9-11)16-14-12-4-2-3-5-13(12)15-16;/h3*2,4-9H,1H3;/q3*-1;+3. The third kappa shape index (κ3) is 8.13. The molecular weight excluding hydrogens is 835 g/mol. The van der Waals surface area contributed by atoms with Gasteiger partial charge >= 0.3 is 20.1 Å². The number of fused-ring (bicyclic) bond motifs is 3. The molecule has 0 saturated heterocycles. The second kappa shape index (κ2) is 16.5. The van der Waals surface area contributed by atoms with Crippen LogP contribution < -0.4 is 14.2 Å². The molecule has 0 amide bonds. The molecule has 12 nitrogen and oxygen atoms in total. The maximum Gasteiger partial charge on any atom is 3.00 e. The molecule has 0 radical (unpaired) electrons. The van der Waals surface area contributed by atoms with E-state index in [1.165, 1.54) is 0 Å². The minimum Gasteiger partial charge on any atom is -0.497 e. The van der Waals surface area contributed by atoms with Gasteiger partial charge in [0.1, 0.15) is 17.2 Å². The van der Waals surface area contributed by atoms with Crippen LogP contribution in [0.1, 0.15) is 0 Å². The topological polar surface area (TPSA) is 120 Å². The van der Waals surface area contributed by atoms with E-state index in [0.717, 1.165) is 67.4 Å². The number of hydrogen-bond acceptors (Lipinski definition) is 9. The van der Waals surface area contributed by atoms with Crippen LogP contribution >= 0.6 is 0 Å². The zero-order valence-electron chi connectivity index (χ0n) is 28.2. The second-order valence-corrected chi connectivity index (χ2v) is 10.8. The number of methoxy groups -OCH3 is 3. The molecule has 13 heteroatoms. The van der Waals surface area contributed by atoms with Crippen molar-refractivity contribution in [2.45, 2.75) is 0 Å². The first-order valence-corrected chi connectivity index (χ1v) is 15.7. The van der Waals surface area contributed by atoms with Crippen molar-refractivity contribution in [3.8, 4) is 34.3 Å². The summed E-state index contributed by atoms with van der Waals surface area (Å²) in [7, 11) is 4.93. The number of nitrogens with zero attached hydrogens (tertiary/aromatic N) is 9. The molecule has 0 saturated carbocycles. The average Bonchev–Trinajstić information content (AvgIpc) is 3.96. The maximum absolute atomic E-state index is 5.11. The Balaban J connectivity index is 0.000000133. The third-order valence-electron chi connectivity index (χ3n) is 7.58. The van der Waals surface area contributed by atoms with Gasteiger partial charge in [-0.2, -0.15) is 66.1 Å². The Labute approximate surface area is 312 Å². The second-order valence-electron chi connectivity index (χ2n) is 10.8. The Bertz CT molecular complexity index is 2120. The number of hydrogen-bond donors (Lipinski definition) is 0. The Morgan fingerprint density at radius 3 is 0.846 bits per heavy atom. The molecular formula is C39H30IrN9O3. The molecule has 52 heavy (non-hydrogen) atoms. The third-order valence-corrected chi connectivity index (χ3v) is 7.58. The number of rotatable bonds is 6. The molecule has 6 aromatic carbocycles. The van der Waals surface area contributed by atoms with Gasteiger partial charge in [-0.3, -0.25) is 0 Å². The van der Waals surface area contributed by atoms with Crippen LogP contribution in [-0.2, 0) is 20.1 Å². The molecule has 258 valence electrons. The molecule has 3 heterocycles. The van der Waals surface area contributed by atoms with E-state index in [1.54, 1.807) is 35.7 Å². The fourth-order valence-corrected chi connectivity index (χ4v) is 4.91. The molecule has 0 aliphatic heterocycles. The molecule has 0 fully saturated rings. The Kier molecular flexibility index (Phi) is 11.2. The first kappa shape index (κ1) is 35.4. The Hall–Kier alpha value is -6.43. The van der Waals surface area contributed by atoms with E-state index in [9.17, 15) is 0 Å². The molecule has 9 rings (SSSR count). The van der Waals surface area contributed by atoms with Gasteiger partial charge in [-0.25, -0.2) is 15.3 Å². The summed E-state index contributed by atoms with van der Waals surface area (Å²) in [6.07, 6.45) is 0. The van der Waals surface area contributed by atoms with Gasteiger partial charge in [-0.15, -0.1) is 36.4 Å². The van der Waals surface area contributed by atoms with E-state index >= 15 is 0 Å². The van der Waals surface area contributed by atoms with Gasteiger partial charge in [0.15, 0.2) is 0 Å². The first-order valence-electron chi connectivity index (χ1n) is 15.7. The van der Waals surface area contributed by atoms with Crippen LogP contribution in [0.15, 0.2) is 127 Å². The summed E-state index contributed by atoms with van der Waals surface area (Å²) in [6.45, 7) is 0. The van der Waals surface area contributed by atoms with E-state index in [0.29, 0.717) is 0 Å². The van der Waals surface area contributed by atoms with Crippen LogP contribution in [0.4, 0.5) is 0 Å².